The molecule has 0 fully saturated rings. The van der Waals surface area contributed by atoms with Gasteiger partial charge in [0.2, 0.25) is 0 Å². The molecule has 12 heteroatoms. The summed E-state index contributed by atoms with van der Waals surface area (Å²) in [5.74, 6) is -1.50. The Morgan fingerprint density at radius 2 is 0.694 bits per heavy atom. The second-order valence-corrected chi connectivity index (χ2v) is 20.5. The van der Waals surface area contributed by atoms with Crippen molar-refractivity contribution in [1.29, 1.82) is 0 Å². The van der Waals surface area contributed by atoms with Crippen molar-refractivity contribution < 1.29 is 52.2 Å². The van der Waals surface area contributed by atoms with Crippen molar-refractivity contribution >= 4 is 25.7 Å². The van der Waals surface area contributed by atoms with Crippen molar-refractivity contribution in [3.8, 4) is 0 Å². The fourth-order valence-electron chi connectivity index (χ4n) is 7.61. The predicted octanol–water partition coefficient (Wildman–Crippen LogP) is 16.9. The monoisotopic (exact) mass is 1030 g/mol. The summed E-state index contributed by atoms with van der Waals surface area (Å²) in [5, 5.41) is 9.81. The largest absolute Gasteiger partial charge is 0.472 e. The first-order valence-corrected chi connectivity index (χ1v) is 30.3. The molecule has 0 spiro atoms. The zero-order valence-electron chi connectivity index (χ0n) is 45.9. The number of hydrogen-bond donors (Lipinski definition) is 2. The summed E-state index contributed by atoms with van der Waals surface area (Å²) >= 11 is 0. The fourth-order valence-corrected chi connectivity index (χ4v) is 8.39. The number of aliphatic hydroxyl groups is 1. The van der Waals surface area contributed by atoms with Crippen LogP contribution in [-0.4, -0.2) is 66.5 Å². The molecule has 0 aliphatic rings. The van der Waals surface area contributed by atoms with Crippen LogP contribution in [0.2, 0.25) is 0 Å². The van der Waals surface area contributed by atoms with Gasteiger partial charge in [-0.05, 0) is 109 Å². The Morgan fingerprint density at radius 1 is 0.389 bits per heavy atom. The van der Waals surface area contributed by atoms with Crippen LogP contribution in [0.4, 0.5) is 0 Å². The molecular formula is C60H105O11P. The lowest BCUT2D eigenvalue weighted by atomic mass is 10.1. The summed E-state index contributed by atoms with van der Waals surface area (Å²) in [6, 6.07) is 0. The minimum absolute atomic E-state index is 0.149. The summed E-state index contributed by atoms with van der Waals surface area (Å²) in [4.78, 5) is 48.5. The highest BCUT2D eigenvalue weighted by Crippen LogP contribution is 2.43. The molecule has 0 bridgehead atoms. The highest BCUT2D eigenvalue weighted by molar-refractivity contribution is 7.47. The van der Waals surface area contributed by atoms with Gasteiger partial charge in [0.25, 0.3) is 0 Å². The van der Waals surface area contributed by atoms with Crippen molar-refractivity contribution in [2.24, 2.45) is 0 Å². The highest BCUT2D eigenvalue weighted by Gasteiger charge is 2.28. The Hall–Kier alpha value is -3.08. The molecule has 11 nitrogen and oxygen atoms in total. The standard InChI is InChI=1S/C60H105O11P/c1-4-7-10-13-16-19-22-24-26-27-28-29-31-33-36-39-42-45-48-51-60(64)71-57(53-67-58(62)49-46-43-40-37-34-21-18-15-12-9-6-3)55-69-72(65,66)68-54-56(52-61)70-59(63)50-47-44-41-38-35-32-30-25-23-20-17-14-11-8-5-2/h15-20,24-26,28-30,56-57,61H,4-14,21-23,27,31-55H2,1-3H3,(H,65,66)/b18-15-,19-16-,20-17-,26-24-,29-28-,30-25-. The molecule has 0 radical (unpaired) electrons. The van der Waals surface area contributed by atoms with E-state index in [-0.39, 0.29) is 25.9 Å². The minimum Gasteiger partial charge on any atom is -0.462 e. The second-order valence-electron chi connectivity index (χ2n) is 19.1. The van der Waals surface area contributed by atoms with Gasteiger partial charge < -0.3 is 24.2 Å². The lowest BCUT2D eigenvalue weighted by Gasteiger charge is -2.21. The quantitative estimate of drug-likeness (QED) is 0.0197. The lowest BCUT2D eigenvalue weighted by Crippen LogP contribution is -2.30. The SMILES string of the molecule is CCCC/C=C\CCCCCCCC(=O)OCC(COP(=O)(O)OCC(CO)OC(=O)CCCCCCC/C=C\C/C=C\CCCCC)OC(=O)CCCCCCCC/C=C\C/C=C\C/C=C\CCCCC. The third kappa shape index (κ3) is 51.8. The summed E-state index contributed by atoms with van der Waals surface area (Å²) in [7, 11) is -4.76. The van der Waals surface area contributed by atoms with Crippen LogP contribution in [0.25, 0.3) is 0 Å². The summed E-state index contributed by atoms with van der Waals surface area (Å²) in [6.07, 6.45) is 60.0. The maximum absolute atomic E-state index is 12.9. The van der Waals surface area contributed by atoms with Crippen LogP contribution in [0.15, 0.2) is 72.9 Å². The van der Waals surface area contributed by atoms with Crippen molar-refractivity contribution in [3.05, 3.63) is 72.9 Å². The lowest BCUT2D eigenvalue weighted by molar-refractivity contribution is -0.161. The predicted molar refractivity (Wildman–Crippen MR) is 298 cm³/mol. The van der Waals surface area contributed by atoms with Gasteiger partial charge in [-0.15, -0.1) is 0 Å². The van der Waals surface area contributed by atoms with E-state index in [0.717, 1.165) is 135 Å². The van der Waals surface area contributed by atoms with Gasteiger partial charge in [0.1, 0.15) is 12.7 Å². The van der Waals surface area contributed by atoms with Crippen LogP contribution >= 0.6 is 7.82 Å². The second kappa shape index (κ2) is 54.2. The number of phosphoric acid groups is 1. The Bertz CT molecular complexity index is 1490. The zero-order chi connectivity index (χ0) is 52.7. The van der Waals surface area contributed by atoms with Gasteiger partial charge in [-0.3, -0.25) is 23.4 Å². The van der Waals surface area contributed by atoms with Crippen LogP contribution in [0.3, 0.4) is 0 Å². The van der Waals surface area contributed by atoms with Gasteiger partial charge in [0, 0.05) is 19.3 Å². The maximum atomic E-state index is 12.9. The van der Waals surface area contributed by atoms with E-state index < -0.39 is 57.8 Å². The summed E-state index contributed by atoms with van der Waals surface area (Å²) < 4.78 is 39.5. The van der Waals surface area contributed by atoms with Crippen molar-refractivity contribution in [2.75, 3.05) is 26.4 Å². The van der Waals surface area contributed by atoms with Gasteiger partial charge in [0.15, 0.2) is 6.10 Å². The van der Waals surface area contributed by atoms with E-state index in [1.807, 2.05) is 0 Å². The molecule has 0 aromatic heterocycles. The Morgan fingerprint density at radius 3 is 1.10 bits per heavy atom. The normalized spacial score (nSPS) is 13.9. The van der Waals surface area contributed by atoms with Gasteiger partial charge >= 0.3 is 25.7 Å². The van der Waals surface area contributed by atoms with E-state index in [2.05, 4.69) is 93.7 Å². The molecule has 0 saturated heterocycles. The molecule has 72 heavy (non-hydrogen) atoms. The Labute approximate surface area is 439 Å². The first kappa shape index (κ1) is 68.9. The molecular weight excluding hydrogens is 928 g/mol. The Balaban J connectivity index is 4.73. The average molecular weight is 1030 g/mol. The number of rotatable bonds is 53. The van der Waals surface area contributed by atoms with Crippen molar-refractivity contribution in [2.45, 2.75) is 264 Å². The van der Waals surface area contributed by atoms with Gasteiger partial charge in [-0.1, -0.05) is 196 Å². The van der Waals surface area contributed by atoms with Crippen LogP contribution in [0.1, 0.15) is 252 Å². The molecule has 0 amide bonds. The van der Waals surface area contributed by atoms with Crippen LogP contribution < -0.4 is 0 Å². The van der Waals surface area contributed by atoms with Crippen LogP contribution in [-0.2, 0) is 42.2 Å². The number of esters is 3. The van der Waals surface area contributed by atoms with Gasteiger partial charge in [-0.2, -0.15) is 0 Å². The molecule has 416 valence electrons. The van der Waals surface area contributed by atoms with E-state index >= 15 is 0 Å². The van der Waals surface area contributed by atoms with Crippen molar-refractivity contribution in [1.82, 2.24) is 0 Å². The van der Waals surface area contributed by atoms with E-state index in [1.165, 1.54) is 57.8 Å². The number of unbranched alkanes of at least 4 members (excludes halogenated alkanes) is 24. The number of aliphatic hydroxyl groups excluding tert-OH is 1. The molecule has 0 aromatic carbocycles. The molecule has 3 atom stereocenters. The first-order valence-electron chi connectivity index (χ1n) is 28.8. The van der Waals surface area contributed by atoms with E-state index in [9.17, 15) is 28.9 Å². The molecule has 0 heterocycles. The maximum Gasteiger partial charge on any atom is 0.472 e. The molecule has 0 saturated carbocycles. The van der Waals surface area contributed by atoms with Crippen LogP contribution in [0, 0.1) is 0 Å². The Kier molecular flexibility index (Phi) is 51.9. The number of hydrogen-bond acceptors (Lipinski definition) is 10. The molecule has 0 aliphatic carbocycles. The number of phosphoric ester groups is 1. The van der Waals surface area contributed by atoms with E-state index in [0.29, 0.717) is 19.3 Å². The zero-order valence-corrected chi connectivity index (χ0v) is 46.8. The third-order valence-corrected chi connectivity index (χ3v) is 13.0. The molecule has 2 N–H and O–H groups in total. The number of ether oxygens (including phenoxy) is 3. The smallest absolute Gasteiger partial charge is 0.462 e. The number of allylic oxidation sites excluding steroid dienone is 12. The van der Waals surface area contributed by atoms with E-state index in [4.69, 9.17) is 23.3 Å². The number of carbonyl (C=O) groups excluding carboxylic acids is 3. The van der Waals surface area contributed by atoms with E-state index in [1.54, 1.807) is 0 Å². The average Bonchev–Trinajstić information content (AvgIpc) is 3.37. The topological polar surface area (TPSA) is 155 Å². The molecule has 3 unspecified atom stereocenters. The molecule has 0 rings (SSSR count). The van der Waals surface area contributed by atoms with Gasteiger partial charge in [0.05, 0.1) is 19.8 Å². The number of carbonyl (C=O) groups is 3. The van der Waals surface area contributed by atoms with Crippen LogP contribution in [0.5, 0.6) is 0 Å². The third-order valence-electron chi connectivity index (χ3n) is 12.1. The first-order chi connectivity index (χ1) is 35.2. The molecule has 0 aliphatic heterocycles. The summed E-state index contributed by atoms with van der Waals surface area (Å²) in [6.45, 7) is 4.52. The molecule has 0 aromatic rings. The summed E-state index contributed by atoms with van der Waals surface area (Å²) in [5.41, 5.74) is 0. The highest BCUT2D eigenvalue weighted by atomic mass is 31.2. The fraction of sp³-hybridized carbons (Fsp3) is 0.750. The minimum atomic E-state index is -4.76. The van der Waals surface area contributed by atoms with Gasteiger partial charge in [-0.25, -0.2) is 4.57 Å². The van der Waals surface area contributed by atoms with Crippen molar-refractivity contribution in [3.63, 3.8) is 0 Å².